The van der Waals surface area contributed by atoms with Crippen LogP contribution in [0.25, 0.3) is 11.1 Å². The van der Waals surface area contributed by atoms with E-state index in [0.29, 0.717) is 0 Å². The fourth-order valence-electron chi connectivity index (χ4n) is 11.7. The smallest absolute Gasteiger partial charge is 0.0133 e. The van der Waals surface area contributed by atoms with Crippen molar-refractivity contribution in [1.82, 2.24) is 0 Å². The first-order chi connectivity index (χ1) is 25.5. The lowest BCUT2D eigenvalue weighted by atomic mass is 9.67. The fraction of sp³-hybridized carbons (Fsp3) is 0.654. The van der Waals surface area contributed by atoms with Crippen LogP contribution in [0.3, 0.4) is 0 Å². The molecule has 0 aromatic heterocycles. The van der Waals surface area contributed by atoms with Crippen LogP contribution in [0.15, 0.2) is 9.79 Å². The maximum Gasteiger partial charge on any atom is 0.0133 e. The second-order valence-electron chi connectivity index (χ2n) is 18.7. The van der Waals surface area contributed by atoms with E-state index in [1.165, 1.54) is 142 Å². The Morgan fingerprint density at radius 1 is 0.315 bits per heavy atom. The summed E-state index contributed by atoms with van der Waals surface area (Å²) < 4.78 is 0. The van der Waals surface area contributed by atoms with Crippen LogP contribution in [0.2, 0.25) is 0 Å². The molecule has 3 saturated carbocycles. The average Bonchev–Trinajstić information content (AvgIpc) is 3.16. The molecule has 0 radical (unpaired) electrons. The number of benzene rings is 3. The van der Waals surface area contributed by atoms with Crippen molar-refractivity contribution in [3.05, 3.63) is 77.9 Å². The van der Waals surface area contributed by atoms with Crippen molar-refractivity contribution in [3.63, 3.8) is 0 Å². The molecule has 3 aromatic rings. The van der Waals surface area contributed by atoms with Crippen molar-refractivity contribution in [2.45, 2.75) is 196 Å². The van der Waals surface area contributed by atoms with E-state index >= 15 is 0 Å². The highest BCUT2D eigenvalue weighted by Gasteiger charge is 2.32. The second kappa shape index (κ2) is 18.3. The summed E-state index contributed by atoms with van der Waals surface area (Å²) in [5.41, 5.74) is 24.5. The summed E-state index contributed by atoms with van der Waals surface area (Å²) >= 11 is 3.82. The SMILES string of the molecule is CSc1c(C)c(C)c(-c2c(C)c(C)c(C3CCC(C)CC3)c(C)c2C)c(C)c1C.CSc1c(C)c(C)c(C2CCC(C3CCC(C)CC3)CC2)c(C)c1C. The normalized spacial score (nSPS) is 24.7. The Morgan fingerprint density at radius 3 is 0.889 bits per heavy atom. The maximum absolute atomic E-state index is 2.45. The van der Waals surface area contributed by atoms with Crippen LogP contribution in [0.5, 0.6) is 0 Å². The van der Waals surface area contributed by atoms with E-state index in [1.807, 2.05) is 23.5 Å². The first-order valence-electron chi connectivity index (χ1n) is 21.9. The predicted octanol–water partition coefficient (Wildman–Crippen LogP) is 16.6. The van der Waals surface area contributed by atoms with Crippen LogP contribution < -0.4 is 0 Å². The van der Waals surface area contributed by atoms with Crippen LogP contribution in [0, 0.1) is 107 Å². The monoisotopic (exact) mass is 767 g/mol. The molecule has 0 N–H and O–H groups in total. The number of hydrogen-bond acceptors (Lipinski definition) is 2. The number of thioether (sulfide) groups is 2. The minimum absolute atomic E-state index is 0.752. The Morgan fingerprint density at radius 2 is 0.556 bits per heavy atom. The van der Waals surface area contributed by atoms with Gasteiger partial charge in [0.05, 0.1) is 0 Å². The largest absolute Gasteiger partial charge is 0.129 e. The van der Waals surface area contributed by atoms with Crippen LogP contribution in [-0.2, 0) is 0 Å². The highest BCUT2D eigenvalue weighted by molar-refractivity contribution is 7.99. The van der Waals surface area contributed by atoms with Gasteiger partial charge in [-0.15, -0.1) is 23.5 Å². The molecule has 6 rings (SSSR count). The summed E-state index contributed by atoms with van der Waals surface area (Å²) in [6.07, 6.45) is 21.7. The van der Waals surface area contributed by atoms with Gasteiger partial charge in [0, 0.05) is 9.79 Å². The van der Waals surface area contributed by atoms with Gasteiger partial charge in [-0.25, -0.2) is 0 Å². The Bertz CT molecular complexity index is 1710. The molecule has 0 bridgehead atoms. The first-order valence-corrected chi connectivity index (χ1v) is 24.4. The molecule has 2 heteroatoms. The van der Waals surface area contributed by atoms with Gasteiger partial charge >= 0.3 is 0 Å². The highest BCUT2D eigenvalue weighted by atomic mass is 32.2. The topological polar surface area (TPSA) is 0 Å². The Labute approximate surface area is 342 Å². The minimum Gasteiger partial charge on any atom is -0.129 e. The van der Waals surface area contributed by atoms with Gasteiger partial charge in [0.25, 0.3) is 0 Å². The highest BCUT2D eigenvalue weighted by Crippen LogP contribution is 2.48. The Hall–Kier alpha value is -1.64. The lowest BCUT2D eigenvalue weighted by Crippen LogP contribution is -2.25. The van der Waals surface area contributed by atoms with Crippen molar-refractivity contribution < 1.29 is 0 Å². The lowest BCUT2D eigenvalue weighted by molar-refractivity contribution is 0.165. The first kappa shape index (κ1) is 43.5. The summed E-state index contributed by atoms with van der Waals surface area (Å²) in [6, 6.07) is 0. The molecule has 0 aliphatic heterocycles. The van der Waals surface area contributed by atoms with Gasteiger partial charge in [0.15, 0.2) is 0 Å². The molecule has 54 heavy (non-hydrogen) atoms. The van der Waals surface area contributed by atoms with E-state index in [2.05, 4.69) is 109 Å². The zero-order chi connectivity index (χ0) is 39.8. The van der Waals surface area contributed by atoms with E-state index in [0.717, 1.165) is 35.5 Å². The molecule has 0 amide bonds. The molecular formula is C52H78S2. The predicted molar refractivity (Wildman–Crippen MR) is 245 cm³/mol. The number of hydrogen-bond donors (Lipinski definition) is 0. The molecule has 0 unspecified atom stereocenters. The van der Waals surface area contributed by atoms with E-state index in [-0.39, 0.29) is 0 Å². The van der Waals surface area contributed by atoms with Gasteiger partial charge in [-0.1, -0.05) is 39.5 Å². The second-order valence-corrected chi connectivity index (χ2v) is 20.4. The molecular weight excluding hydrogens is 689 g/mol. The van der Waals surface area contributed by atoms with Gasteiger partial charge in [-0.2, -0.15) is 0 Å². The standard InChI is InChI=1S/C28H40S.C24H38S/c1-15-11-13-24(14-12-15)25-16(2)18(4)26(19(5)17(25)3)27-20(6)22(8)28(29-10)23(9)21(27)7;1-15-7-9-20(10-8-15)21-11-13-22(14-12-21)23-16(2)18(4)24(25-6)19(5)17(23)3/h15,24H,11-14H2,1-10H3;15,20-22H,7-14H2,1-6H3. The van der Waals surface area contributed by atoms with Gasteiger partial charge in [0.1, 0.15) is 0 Å². The molecule has 298 valence electrons. The third kappa shape index (κ3) is 8.47. The van der Waals surface area contributed by atoms with Crippen molar-refractivity contribution in [2.75, 3.05) is 12.5 Å². The van der Waals surface area contributed by atoms with Gasteiger partial charge in [-0.3, -0.25) is 0 Å². The third-order valence-corrected chi connectivity index (χ3v) is 17.9. The summed E-state index contributed by atoms with van der Waals surface area (Å²) in [5, 5.41) is 0. The summed E-state index contributed by atoms with van der Waals surface area (Å²) in [5.74, 6) is 5.52. The molecule has 0 spiro atoms. The van der Waals surface area contributed by atoms with Crippen molar-refractivity contribution in [2.24, 2.45) is 23.7 Å². The van der Waals surface area contributed by atoms with E-state index in [9.17, 15) is 0 Å². The quantitative estimate of drug-likeness (QED) is 0.229. The molecule has 0 heterocycles. The van der Waals surface area contributed by atoms with Crippen LogP contribution in [0.4, 0.5) is 0 Å². The average molecular weight is 767 g/mol. The van der Waals surface area contributed by atoms with Crippen molar-refractivity contribution in [3.8, 4) is 11.1 Å². The zero-order valence-corrected chi connectivity index (χ0v) is 39.4. The molecule has 3 aliphatic rings. The van der Waals surface area contributed by atoms with E-state index in [4.69, 9.17) is 0 Å². The molecule has 0 nitrogen and oxygen atoms in total. The number of rotatable bonds is 6. The van der Waals surface area contributed by atoms with Gasteiger partial charge in [-0.05, 0) is 271 Å². The van der Waals surface area contributed by atoms with E-state index < -0.39 is 0 Å². The Balaban J connectivity index is 0.000000210. The van der Waals surface area contributed by atoms with E-state index in [1.54, 1.807) is 33.4 Å². The maximum atomic E-state index is 2.45. The van der Waals surface area contributed by atoms with Crippen LogP contribution >= 0.6 is 23.5 Å². The van der Waals surface area contributed by atoms with Crippen molar-refractivity contribution in [1.29, 1.82) is 0 Å². The minimum atomic E-state index is 0.752. The Kier molecular flexibility index (Phi) is 14.7. The molecule has 3 aromatic carbocycles. The lowest BCUT2D eigenvalue weighted by Gasteiger charge is -2.38. The molecule has 3 aliphatic carbocycles. The van der Waals surface area contributed by atoms with Gasteiger partial charge < -0.3 is 0 Å². The van der Waals surface area contributed by atoms with Crippen LogP contribution in [-0.4, -0.2) is 12.5 Å². The fourth-order valence-corrected chi connectivity index (χ4v) is 13.5. The molecule has 0 saturated heterocycles. The summed E-state index contributed by atoms with van der Waals surface area (Å²) in [7, 11) is 0. The third-order valence-electron chi connectivity index (χ3n) is 15.8. The summed E-state index contributed by atoms with van der Waals surface area (Å²) in [6.45, 7) is 33.1. The molecule has 3 fully saturated rings. The van der Waals surface area contributed by atoms with Gasteiger partial charge in [0.2, 0.25) is 0 Å². The molecule has 0 atom stereocenters. The van der Waals surface area contributed by atoms with Crippen molar-refractivity contribution >= 4 is 23.5 Å². The summed E-state index contributed by atoms with van der Waals surface area (Å²) in [4.78, 5) is 2.98. The zero-order valence-electron chi connectivity index (χ0n) is 37.8. The van der Waals surface area contributed by atoms with Crippen LogP contribution in [0.1, 0.15) is 181 Å².